The molecule has 2 saturated heterocycles. The van der Waals surface area contributed by atoms with Crippen molar-refractivity contribution in [1.82, 2.24) is 15.1 Å². The molecule has 0 bridgehead atoms. The van der Waals surface area contributed by atoms with E-state index in [0.717, 1.165) is 30.6 Å². The van der Waals surface area contributed by atoms with Crippen LogP contribution in [0.1, 0.15) is 45.4 Å². The second kappa shape index (κ2) is 7.01. The Hall–Kier alpha value is -2.12. The van der Waals surface area contributed by atoms with Crippen LogP contribution in [0, 0.1) is 5.92 Å². The van der Waals surface area contributed by atoms with E-state index in [0.29, 0.717) is 31.8 Å². The minimum Gasteiger partial charge on any atom is -0.454 e. The van der Waals surface area contributed by atoms with Crippen LogP contribution in [0.5, 0.6) is 0 Å². The first kappa shape index (κ1) is 17.7. The maximum absolute atomic E-state index is 12.5. The lowest BCUT2D eigenvalue weighted by Crippen LogP contribution is -2.44. The molecule has 8 nitrogen and oxygen atoms in total. The van der Waals surface area contributed by atoms with Gasteiger partial charge in [0.05, 0.1) is 0 Å². The Morgan fingerprint density at radius 2 is 1.84 bits per heavy atom. The molecule has 25 heavy (non-hydrogen) atoms. The van der Waals surface area contributed by atoms with Gasteiger partial charge in [0.15, 0.2) is 6.61 Å². The van der Waals surface area contributed by atoms with Gasteiger partial charge in [-0.05, 0) is 31.6 Å². The first-order valence-electron chi connectivity index (χ1n) is 8.99. The average Bonchev–Trinajstić information content (AvgIpc) is 3.14. The molecule has 3 rings (SSSR count). The summed E-state index contributed by atoms with van der Waals surface area (Å²) in [4.78, 5) is 51.1. The summed E-state index contributed by atoms with van der Waals surface area (Å²) in [5, 5.41) is 2.71. The van der Waals surface area contributed by atoms with Crippen molar-refractivity contribution in [3.63, 3.8) is 0 Å². The second-order valence-electron chi connectivity index (χ2n) is 7.33. The van der Waals surface area contributed by atoms with E-state index in [2.05, 4.69) is 12.2 Å². The number of hydrogen-bond acceptors (Lipinski definition) is 5. The number of nitrogens with zero attached hydrogens (tertiary/aromatic N) is 2. The standard InChI is InChI=1S/C17H25N3O5/c1-12-4-8-19(9-5-12)13(21)11-25-14(22)10-20-15(23)17(18-16(20)24)6-2-3-7-17/h12H,2-11H2,1H3,(H,18,24). The summed E-state index contributed by atoms with van der Waals surface area (Å²) in [6.07, 6.45) is 4.87. The maximum Gasteiger partial charge on any atom is 0.326 e. The van der Waals surface area contributed by atoms with Crippen molar-refractivity contribution in [2.24, 2.45) is 5.92 Å². The number of carbonyl (C=O) groups excluding carboxylic acids is 4. The predicted molar refractivity (Wildman–Crippen MR) is 87.4 cm³/mol. The molecule has 0 radical (unpaired) electrons. The molecule has 0 unspecified atom stereocenters. The zero-order valence-corrected chi connectivity index (χ0v) is 14.6. The molecular weight excluding hydrogens is 326 g/mol. The van der Waals surface area contributed by atoms with Crippen molar-refractivity contribution in [2.75, 3.05) is 26.2 Å². The summed E-state index contributed by atoms with van der Waals surface area (Å²) >= 11 is 0. The fourth-order valence-electron chi connectivity index (χ4n) is 3.80. The Morgan fingerprint density at radius 3 is 2.48 bits per heavy atom. The van der Waals surface area contributed by atoms with Crippen molar-refractivity contribution >= 4 is 23.8 Å². The van der Waals surface area contributed by atoms with E-state index < -0.39 is 24.1 Å². The summed E-state index contributed by atoms with van der Waals surface area (Å²) in [7, 11) is 0. The van der Waals surface area contributed by atoms with E-state index >= 15 is 0 Å². The lowest BCUT2D eigenvalue weighted by Gasteiger charge is -2.30. The lowest BCUT2D eigenvalue weighted by atomic mass is 9.98. The average molecular weight is 351 g/mol. The van der Waals surface area contributed by atoms with Crippen LogP contribution in [0.4, 0.5) is 4.79 Å². The van der Waals surface area contributed by atoms with Crippen LogP contribution >= 0.6 is 0 Å². The van der Waals surface area contributed by atoms with Crippen molar-refractivity contribution < 1.29 is 23.9 Å². The van der Waals surface area contributed by atoms with Crippen LogP contribution in [-0.4, -0.2) is 65.4 Å². The number of esters is 1. The minimum atomic E-state index is -0.836. The Balaban J connectivity index is 1.47. The molecule has 1 aliphatic carbocycles. The molecule has 1 saturated carbocycles. The van der Waals surface area contributed by atoms with Gasteiger partial charge >= 0.3 is 12.0 Å². The van der Waals surface area contributed by atoms with E-state index in [1.807, 2.05) is 0 Å². The van der Waals surface area contributed by atoms with Crippen molar-refractivity contribution in [1.29, 1.82) is 0 Å². The van der Waals surface area contributed by atoms with E-state index in [-0.39, 0.29) is 18.4 Å². The number of hydrogen-bond donors (Lipinski definition) is 1. The summed E-state index contributed by atoms with van der Waals surface area (Å²) < 4.78 is 4.99. The minimum absolute atomic E-state index is 0.232. The third kappa shape index (κ3) is 3.62. The number of amides is 4. The summed E-state index contributed by atoms with van der Waals surface area (Å²) in [5.41, 5.74) is -0.836. The number of nitrogens with one attached hydrogen (secondary N) is 1. The molecule has 138 valence electrons. The molecule has 0 aromatic heterocycles. The predicted octanol–water partition coefficient (Wildman–Crippen LogP) is 0.653. The number of likely N-dealkylation sites (tertiary alicyclic amines) is 1. The van der Waals surface area contributed by atoms with Gasteiger partial charge in [-0.3, -0.25) is 19.3 Å². The third-order valence-electron chi connectivity index (χ3n) is 5.48. The highest BCUT2D eigenvalue weighted by Crippen LogP contribution is 2.34. The number of carbonyl (C=O) groups is 4. The fourth-order valence-corrected chi connectivity index (χ4v) is 3.80. The molecule has 3 aliphatic rings. The smallest absolute Gasteiger partial charge is 0.326 e. The zero-order chi connectivity index (χ0) is 18.0. The highest BCUT2D eigenvalue weighted by atomic mass is 16.5. The zero-order valence-electron chi connectivity index (χ0n) is 14.6. The van der Waals surface area contributed by atoms with Crippen LogP contribution in [0.25, 0.3) is 0 Å². The van der Waals surface area contributed by atoms with Gasteiger partial charge in [0, 0.05) is 13.1 Å². The molecule has 1 spiro atoms. The summed E-state index contributed by atoms with van der Waals surface area (Å²) in [6.45, 7) is 2.70. The van der Waals surface area contributed by atoms with E-state index in [9.17, 15) is 19.2 Å². The van der Waals surface area contributed by atoms with Crippen LogP contribution in [0.2, 0.25) is 0 Å². The number of ether oxygens (including phenoxy) is 1. The maximum atomic E-state index is 12.5. The summed E-state index contributed by atoms with van der Waals surface area (Å²) in [6, 6.07) is -0.555. The van der Waals surface area contributed by atoms with Gasteiger partial charge in [-0.15, -0.1) is 0 Å². The summed E-state index contributed by atoms with van der Waals surface area (Å²) in [5.74, 6) is -0.723. The molecule has 2 heterocycles. The largest absolute Gasteiger partial charge is 0.454 e. The quantitative estimate of drug-likeness (QED) is 0.593. The van der Waals surface area contributed by atoms with Crippen molar-refractivity contribution in [3.05, 3.63) is 0 Å². The third-order valence-corrected chi connectivity index (χ3v) is 5.48. The van der Waals surface area contributed by atoms with Crippen LogP contribution < -0.4 is 5.32 Å². The SMILES string of the molecule is CC1CCN(C(=O)COC(=O)CN2C(=O)NC3(CCCC3)C2=O)CC1. The molecule has 0 aromatic rings. The highest BCUT2D eigenvalue weighted by molar-refractivity contribution is 6.08. The first-order chi connectivity index (χ1) is 11.9. The molecule has 3 fully saturated rings. The van der Waals surface area contributed by atoms with E-state index in [1.54, 1.807) is 4.90 Å². The Labute approximate surface area is 146 Å². The Morgan fingerprint density at radius 1 is 1.20 bits per heavy atom. The van der Waals surface area contributed by atoms with Gasteiger partial charge in [-0.2, -0.15) is 0 Å². The number of imide groups is 1. The molecule has 8 heteroatoms. The molecule has 0 atom stereocenters. The van der Waals surface area contributed by atoms with Crippen molar-refractivity contribution in [2.45, 2.75) is 51.0 Å². The lowest BCUT2D eigenvalue weighted by molar-refractivity contribution is -0.154. The van der Waals surface area contributed by atoms with Gasteiger partial charge in [0.2, 0.25) is 0 Å². The molecule has 2 aliphatic heterocycles. The normalized spacial score (nSPS) is 23.2. The monoisotopic (exact) mass is 351 g/mol. The van der Waals surface area contributed by atoms with Crippen LogP contribution in [0.3, 0.4) is 0 Å². The van der Waals surface area contributed by atoms with Gasteiger partial charge in [-0.25, -0.2) is 4.79 Å². The van der Waals surface area contributed by atoms with Crippen LogP contribution in [-0.2, 0) is 19.1 Å². The number of rotatable bonds is 4. The van der Waals surface area contributed by atoms with Gasteiger partial charge < -0.3 is 15.0 Å². The number of piperidine rings is 1. The molecule has 0 aromatic carbocycles. The van der Waals surface area contributed by atoms with Gasteiger partial charge in [-0.1, -0.05) is 19.8 Å². The highest BCUT2D eigenvalue weighted by Gasteiger charge is 2.52. The van der Waals surface area contributed by atoms with E-state index in [1.165, 1.54) is 0 Å². The number of urea groups is 1. The second-order valence-corrected chi connectivity index (χ2v) is 7.33. The Bertz CT molecular complexity index is 577. The fraction of sp³-hybridized carbons (Fsp3) is 0.765. The first-order valence-corrected chi connectivity index (χ1v) is 8.99. The topological polar surface area (TPSA) is 96.0 Å². The van der Waals surface area contributed by atoms with Gasteiger partial charge in [0.25, 0.3) is 11.8 Å². The van der Waals surface area contributed by atoms with Crippen molar-refractivity contribution in [3.8, 4) is 0 Å². The van der Waals surface area contributed by atoms with Gasteiger partial charge in [0.1, 0.15) is 12.1 Å². The molecular formula is C17H25N3O5. The Kier molecular flexibility index (Phi) is 4.96. The molecule has 4 amide bonds. The molecule has 1 N–H and O–H groups in total. The van der Waals surface area contributed by atoms with Crippen LogP contribution in [0.15, 0.2) is 0 Å². The van der Waals surface area contributed by atoms with E-state index in [4.69, 9.17) is 4.74 Å².